The Morgan fingerprint density at radius 1 is 1.39 bits per heavy atom. The van der Waals surface area contributed by atoms with Gasteiger partial charge in [0.1, 0.15) is 0 Å². The van der Waals surface area contributed by atoms with E-state index < -0.39 is 5.97 Å². The third kappa shape index (κ3) is 3.50. The van der Waals surface area contributed by atoms with Crippen LogP contribution in [0, 0.1) is 0 Å². The average molecular weight is 398 g/mol. The molecule has 0 unspecified atom stereocenters. The fourth-order valence-corrected chi connectivity index (χ4v) is 2.94. The molecule has 23 heavy (non-hydrogen) atoms. The molecule has 2 aromatic rings. The lowest BCUT2D eigenvalue weighted by Gasteiger charge is -2.07. The molecular formula is C14H10BrN2O5S-. The number of carbonyl (C=O) groups is 1. The normalized spacial score (nSPS) is 13.4. The highest BCUT2D eigenvalue weighted by molar-refractivity contribution is 9.10. The number of nitrogens with zero attached hydrogens (tertiary/aromatic N) is 2. The standard InChI is InChI=1S/C14H11BrN2O5S/c1-2-12-16-17-14(22-12)23-11(13(18)19)4-7-3-9-10(5-8(7)15)21-6-20-9/h3-5H,2,6H2,1H3,(H,18,19)/p-1/b11-4-. The zero-order chi connectivity index (χ0) is 16.4. The van der Waals surface area contributed by atoms with Crippen molar-refractivity contribution in [2.75, 3.05) is 6.79 Å². The molecule has 0 aliphatic carbocycles. The Hall–Kier alpha value is -2.00. The number of fused-ring (bicyclic) bond motifs is 1. The Morgan fingerprint density at radius 3 is 2.78 bits per heavy atom. The van der Waals surface area contributed by atoms with Gasteiger partial charge in [-0.1, -0.05) is 22.9 Å². The zero-order valence-electron chi connectivity index (χ0n) is 11.9. The number of carboxylic acid groups (broad SMARTS) is 1. The summed E-state index contributed by atoms with van der Waals surface area (Å²) in [5.41, 5.74) is 0.608. The second-order valence-corrected chi connectivity index (χ2v) is 6.29. The van der Waals surface area contributed by atoms with Gasteiger partial charge in [0, 0.05) is 15.8 Å². The average Bonchev–Trinajstić information content (AvgIpc) is 3.15. The van der Waals surface area contributed by atoms with Gasteiger partial charge < -0.3 is 23.8 Å². The van der Waals surface area contributed by atoms with E-state index in [0.29, 0.717) is 33.8 Å². The number of hydrogen-bond donors (Lipinski definition) is 0. The number of aliphatic carboxylic acids is 1. The highest BCUT2D eigenvalue weighted by Crippen LogP contribution is 2.38. The van der Waals surface area contributed by atoms with Crippen molar-refractivity contribution < 1.29 is 23.8 Å². The van der Waals surface area contributed by atoms with Gasteiger partial charge in [-0.05, 0) is 35.5 Å². The second-order valence-electron chi connectivity index (χ2n) is 4.44. The summed E-state index contributed by atoms with van der Waals surface area (Å²) in [6.45, 7) is 2.00. The molecule has 3 rings (SSSR count). The first-order chi connectivity index (χ1) is 11.1. The van der Waals surface area contributed by atoms with E-state index in [2.05, 4.69) is 26.1 Å². The van der Waals surface area contributed by atoms with Crippen molar-refractivity contribution in [1.29, 1.82) is 0 Å². The van der Waals surface area contributed by atoms with E-state index in [9.17, 15) is 9.90 Å². The number of ether oxygens (including phenoxy) is 2. The summed E-state index contributed by atoms with van der Waals surface area (Å²) in [5, 5.41) is 19.1. The number of thioether (sulfide) groups is 1. The highest BCUT2D eigenvalue weighted by atomic mass is 79.9. The summed E-state index contributed by atoms with van der Waals surface area (Å²) in [7, 11) is 0. The van der Waals surface area contributed by atoms with Crippen molar-refractivity contribution in [2.45, 2.75) is 18.6 Å². The molecule has 1 aliphatic rings. The van der Waals surface area contributed by atoms with E-state index in [0.717, 1.165) is 11.8 Å². The molecule has 120 valence electrons. The Labute approximate surface area is 143 Å². The Balaban J connectivity index is 1.91. The van der Waals surface area contributed by atoms with Gasteiger partial charge in [0.05, 0.1) is 5.97 Å². The molecule has 7 nitrogen and oxygen atoms in total. The van der Waals surface area contributed by atoms with Crippen molar-refractivity contribution in [3.63, 3.8) is 0 Å². The lowest BCUT2D eigenvalue weighted by atomic mass is 10.2. The summed E-state index contributed by atoms with van der Waals surface area (Å²) >= 11 is 4.21. The van der Waals surface area contributed by atoms with Crippen LogP contribution in [0.15, 0.2) is 31.2 Å². The summed E-state index contributed by atoms with van der Waals surface area (Å²) in [6.07, 6.45) is 2.02. The molecule has 0 atom stereocenters. The molecule has 1 aromatic carbocycles. The van der Waals surface area contributed by atoms with Crippen molar-refractivity contribution in [2.24, 2.45) is 0 Å². The minimum Gasteiger partial charge on any atom is -0.544 e. The second kappa shape index (κ2) is 6.63. The fourth-order valence-electron chi connectivity index (χ4n) is 1.83. The predicted octanol–water partition coefficient (Wildman–Crippen LogP) is 2.01. The van der Waals surface area contributed by atoms with Crippen LogP contribution in [-0.2, 0) is 11.2 Å². The minimum atomic E-state index is -1.34. The SMILES string of the molecule is CCc1nnc(S/C(=C\c2cc3c(cc2Br)OCO3)C(=O)[O-])o1. The molecule has 2 heterocycles. The lowest BCUT2D eigenvalue weighted by Crippen LogP contribution is -2.23. The maximum atomic E-state index is 11.4. The molecule has 0 radical (unpaired) electrons. The molecule has 9 heteroatoms. The van der Waals surface area contributed by atoms with Gasteiger partial charge in [0.15, 0.2) is 11.5 Å². The minimum absolute atomic E-state index is 0.0594. The lowest BCUT2D eigenvalue weighted by molar-refractivity contribution is -0.298. The molecule has 0 fully saturated rings. The molecule has 0 saturated heterocycles. The first-order valence-electron chi connectivity index (χ1n) is 6.59. The number of carboxylic acids is 1. The smallest absolute Gasteiger partial charge is 0.281 e. The van der Waals surface area contributed by atoms with Crippen LogP contribution in [0.2, 0.25) is 0 Å². The number of carbonyl (C=O) groups excluding carboxylic acids is 1. The quantitative estimate of drug-likeness (QED) is 0.557. The van der Waals surface area contributed by atoms with Gasteiger partial charge in [0.25, 0.3) is 5.22 Å². The Morgan fingerprint density at radius 2 is 2.13 bits per heavy atom. The summed E-state index contributed by atoms with van der Waals surface area (Å²) in [4.78, 5) is 11.3. The number of aryl methyl sites for hydroxylation is 1. The van der Waals surface area contributed by atoms with Crippen LogP contribution < -0.4 is 14.6 Å². The van der Waals surface area contributed by atoms with Crippen LogP contribution in [0.1, 0.15) is 18.4 Å². The summed E-state index contributed by atoms with van der Waals surface area (Å²) in [5.74, 6) is 0.250. The van der Waals surface area contributed by atoms with Crippen molar-refractivity contribution in [3.8, 4) is 11.5 Å². The van der Waals surface area contributed by atoms with Crippen LogP contribution in [0.3, 0.4) is 0 Å². The van der Waals surface area contributed by atoms with Gasteiger partial charge in [0.2, 0.25) is 12.7 Å². The van der Waals surface area contributed by atoms with E-state index in [1.54, 1.807) is 12.1 Å². The molecule has 0 spiro atoms. The molecular weight excluding hydrogens is 388 g/mol. The van der Waals surface area contributed by atoms with Crippen LogP contribution >= 0.6 is 27.7 Å². The first-order valence-corrected chi connectivity index (χ1v) is 8.20. The summed E-state index contributed by atoms with van der Waals surface area (Å²) < 4.78 is 16.5. The Kier molecular flexibility index (Phi) is 4.58. The molecule has 1 aromatic heterocycles. The van der Waals surface area contributed by atoms with Gasteiger partial charge in [-0.2, -0.15) is 0 Å². The van der Waals surface area contributed by atoms with E-state index in [-0.39, 0.29) is 16.9 Å². The van der Waals surface area contributed by atoms with E-state index >= 15 is 0 Å². The molecule has 0 bridgehead atoms. The largest absolute Gasteiger partial charge is 0.544 e. The van der Waals surface area contributed by atoms with Crippen molar-refractivity contribution in [3.05, 3.63) is 33.0 Å². The summed E-state index contributed by atoms with van der Waals surface area (Å²) in [6, 6.07) is 3.40. The number of rotatable bonds is 5. The Bertz CT molecular complexity index is 789. The van der Waals surface area contributed by atoms with E-state index in [1.165, 1.54) is 6.08 Å². The zero-order valence-corrected chi connectivity index (χ0v) is 14.3. The van der Waals surface area contributed by atoms with Crippen LogP contribution in [-0.4, -0.2) is 23.0 Å². The molecule has 1 aliphatic heterocycles. The first kappa shape index (κ1) is 15.9. The molecule has 0 N–H and O–H groups in total. The van der Waals surface area contributed by atoms with Crippen molar-refractivity contribution >= 4 is 39.7 Å². The monoisotopic (exact) mass is 397 g/mol. The molecule has 0 saturated carbocycles. The van der Waals surface area contributed by atoms with Gasteiger partial charge in [-0.3, -0.25) is 0 Å². The number of halogens is 1. The van der Waals surface area contributed by atoms with Crippen LogP contribution in [0.4, 0.5) is 0 Å². The third-order valence-electron chi connectivity index (χ3n) is 2.93. The van der Waals surface area contributed by atoms with Gasteiger partial charge in [-0.25, -0.2) is 0 Å². The van der Waals surface area contributed by atoms with Gasteiger partial charge in [-0.15, -0.1) is 10.2 Å². The fraction of sp³-hybridized carbons (Fsp3) is 0.214. The third-order valence-corrected chi connectivity index (χ3v) is 4.46. The number of aromatic nitrogens is 2. The van der Waals surface area contributed by atoms with Crippen LogP contribution in [0.25, 0.3) is 6.08 Å². The van der Waals surface area contributed by atoms with E-state index in [4.69, 9.17) is 13.9 Å². The maximum Gasteiger partial charge on any atom is 0.281 e. The predicted molar refractivity (Wildman–Crippen MR) is 82.8 cm³/mol. The van der Waals surface area contributed by atoms with Crippen LogP contribution in [0.5, 0.6) is 11.5 Å². The van der Waals surface area contributed by atoms with E-state index in [1.807, 2.05) is 6.92 Å². The van der Waals surface area contributed by atoms with Crippen molar-refractivity contribution in [1.82, 2.24) is 10.2 Å². The molecule has 0 amide bonds. The maximum absolute atomic E-state index is 11.4. The topological polar surface area (TPSA) is 97.5 Å². The highest BCUT2D eigenvalue weighted by Gasteiger charge is 2.17. The number of hydrogen-bond acceptors (Lipinski definition) is 8. The van der Waals surface area contributed by atoms with Gasteiger partial charge >= 0.3 is 0 Å². The number of benzene rings is 1.